The predicted octanol–water partition coefficient (Wildman–Crippen LogP) is 3.22. The molecule has 88 valence electrons. The zero-order valence-corrected chi connectivity index (χ0v) is 11.3. The summed E-state index contributed by atoms with van der Waals surface area (Å²) >= 11 is 3.54. The van der Waals surface area contributed by atoms with E-state index in [1.54, 1.807) is 6.92 Å². The van der Waals surface area contributed by atoms with E-state index in [0.717, 1.165) is 28.6 Å². The van der Waals surface area contributed by atoms with Gasteiger partial charge in [0.2, 0.25) is 0 Å². The quantitative estimate of drug-likeness (QED) is 0.920. The van der Waals surface area contributed by atoms with Crippen molar-refractivity contribution in [2.24, 2.45) is 0 Å². The predicted molar refractivity (Wildman–Crippen MR) is 67.9 cm³/mol. The minimum absolute atomic E-state index is 0.338. The molecule has 2 nitrogen and oxygen atoms in total. The second kappa shape index (κ2) is 4.76. The largest absolute Gasteiger partial charge is 0.489 e. The Morgan fingerprint density at radius 3 is 2.75 bits per heavy atom. The van der Waals surface area contributed by atoms with E-state index in [1.807, 2.05) is 0 Å². The first-order valence-corrected chi connectivity index (χ1v) is 6.49. The molecular weight excluding hydrogens is 268 g/mol. The maximum absolute atomic E-state index is 9.49. The van der Waals surface area contributed by atoms with Crippen LogP contribution >= 0.6 is 15.9 Å². The van der Waals surface area contributed by atoms with Crippen LogP contribution in [0.4, 0.5) is 0 Å². The van der Waals surface area contributed by atoms with Gasteiger partial charge in [-0.1, -0.05) is 6.07 Å². The number of aryl methyl sites for hydroxylation is 1. The highest BCUT2D eigenvalue weighted by Gasteiger charge is 2.25. The van der Waals surface area contributed by atoms with Crippen LogP contribution in [-0.2, 0) is 6.42 Å². The van der Waals surface area contributed by atoms with Crippen molar-refractivity contribution in [1.82, 2.24) is 0 Å². The lowest BCUT2D eigenvalue weighted by Gasteiger charge is -2.15. The van der Waals surface area contributed by atoms with Crippen LogP contribution in [-0.4, -0.2) is 17.3 Å². The van der Waals surface area contributed by atoms with E-state index < -0.39 is 0 Å². The Kier molecular flexibility index (Phi) is 3.55. The lowest BCUT2D eigenvalue weighted by atomic mass is 10.0. The second-order valence-electron chi connectivity index (χ2n) is 4.61. The summed E-state index contributed by atoms with van der Waals surface area (Å²) < 4.78 is 6.88. The fourth-order valence-electron chi connectivity index (χ4n) is 1.76. The second-order valence-corrected chi connectivity index (χ2v) is 5.46. The first kappa shape index (κ1) is 11.9. The van der Waals surface area contributed by atoms with Crippen molar-refractivity contribution in [1.29, 1.82) is 0 Å². The molecule has 0 saturated heterocycles. The monoisotopic (exact) mass is 284 g/mol. The third-order valence-electron chi connectivity index (χ3n) is 2.59. The first-order chi connectivity index (χ1) is 7.56. The number of aliphatic hydroxyl groups excluding tert-OH is 1. The number of benzene rings is 1. The zero-order chi connectivity index (χ0) is 11.7. The molecule has 1 aliphatic rings. The van der Waals surface area contributed by atoms with E-state index in [2.05, 4.69) is 35.0 Å². The molecule has 1 aliphatic carbocycles. The first-order valence-electron chi connectivity index (χ1n) is 5.70. The average molecular weight is 285 g/mol. The number of ether oxygens (including phenoxy) is 1. The van der Waals surface area contributed by atoms with Gasteiger partial charge in [0, 0.05) is 6.42 Å². The minimum Gasteiger partial charge on any atom is -0.489 e. The fraction of sp³-hybridized carbons (Fsp3) is 0.538. The van der Waals surface area contributed by atoms with Crippen LogP contribution in [0.15, 0.2) is 16.6 Å². The van der Waals surface area contributed by atoms with E-state index in [-0.39, 0.29) is 6.10 Å². The highest BCUT2D eigenvalue weighted by atomic mass is 79.9. The number of halogens is 1. The smallest absolute Gasteiger partial charge is 0.137 e. The van der Waals surface area contributed by atoms with Crippen LogP contribution in [0.1, 0.15) is 30.9 Å². The summed E-state index contributed by atoms with van der Waals surface area (Å²) in [5, 5.41) is 9.49. The summed E-state index contributed by atoms with van der Waals surface area (Å²) in [7, 11) is 0. The van der Waals surface area contributed by atoms with E-state index >= 15 is 0 Å². The SMILES string of the molecule is Cc1cc(Br)c(OC2CC2)c(CC(C)O)c1. The van der Waals surface area contributed by atoms with E-state index in [9.17, 15) is 5.11 Å². The average Bonchev–Trinajstić information content (AvgIpc) is 2.93. The summed E-state index contributed by atoms with van der Waals surface area (Å²) in [6.45, 7) is 3.86. The third kappa shape index (κ3) is 2.98. The van der Waals surface area contributed by atoms with Crippen LogP contribution < -0.4 is 4.74 Å². The van der Waals surface area contributed by atoms with Crippen molar-refractivity contribution in [3.63, 3.8) is 0 Å². The van der Waals surface area contributed by atoms with Gasteiger partial charge >= 0.3 is 0 Å². The molecule has 0 aromatic heterocycles. The number of rotatable bonds is 4. The molecular formula is C13H17BrO2. The van der Waals surface area contributed by atoms with Crippen molar-refractivity contribution >= 4 is 15.9 Å². The summed E-state index contributed by atoms with van der Waals surface area (Å²) in [5.74, 6) is 0.911. The number of hydrogen-bond donors (Lipinski definition) is 1. The number of aliphatic hydroxyl groups is 1. The molecule has 1 fully saturated rings. The Hall–Kier alpha value is -0.540. The molecule has 0 heterocycles. The molecule has 1 unspecified atom stereocenters. The molecule has 0 radical (unpaired) electrons. The Bertz CT molecular complexity index is 384. The summed E-state index contributed by atoms with van der Waals surface area (Å²) in [4.78, 5) is 0. The Morgan fingerprint density at radius 2 is 2.19 bits per heavy atom. The molecule has 0 aliphatic heterocycles. The maximum atomic E-state index is 9.49. The van der Waals surface area contributed by atoms with Crippen LogP contribution in [0, 0.1) is 6.92 Å². The number of hydrogen-bond acceptors (Lipinski definition) is 2. The lowest BCUT2D eigenvalue weighted by molar-refractivity contribution is 0.192. The molecule has 1 atom stereocenters. The van der Waals surface area contributed by atoms with Crippen LogP contribution in [0.2, 0.25) is 0 Å². The van der Waals surface area contributed by atoms with Gasteiger partial charge in [-0.2, -0.15) is 0 Å². The molecule has 0 amide bonds. The molecule has 1 aromatic carbocycles. The Balaban J connectivity index is 2.29. The van der Waals surface area contributed by atoms with Gasteiger partial charge in [-0.15, -0.1) is 0 Å². The van der Waals surface area contributed by atoms with Crippen molar-refractivity contribution in [2.45, 2.75) is 45.3 Å². The van der Waals surface area contributed by atoms with Gasteiger partial charge in [-0.05, 0) is 59.8 Å². The van der Waals surface area contributed by atoms with Gasteiger partial charge in [0.05, 0.1) is 16.7 Å². The molecule has 0 spiro atoms. The Morgan fingerprint density at radius 1 is 1.50 bits per heavy atom. The molecule has 16 heavy (non-hydrogen) atoms. The fourth-order valence-corrected chi connectivity index (χ4v) is 2.46. The van der Waals surface area contributed by atoms with Crippen molar-refractivity contribution in [3.8, 4) is 5.75 Å². The molecule has 3 heteroatoms. The van der Waals surface area contributed by atoms with Gasteiger partial charge in [-0.3, -0.25) is 0 Å². The summed E-state index contributed by atoms with van der Waals surface area (Å²) in [6.07, 6.45) is 2.98. The van der Waals surface area contributed by atoms with E-state index in [1.165, 1.54) is 5.56 Å². The molecule has 1 aromatic rings. The molecule has 0 bridgehead atoms. The van der Waals surface area contributed by atoms with Gasteiger partial charge in [0.25, 0.3) is 0 Å². The maximum Gasteiger partial charge on any atom is 0.137 e. The Labute approximate surface area is 105 Å². The van der Waals surface area contributed by atoms with Gasteiger partial charge in [0.15, 0.2) is 0 Å². The minimum atomic E-state index is -0.338. The van der Waals surface area contributed by atoms with Crippen LogP contribution in [0.25, 0.3) is 0 Å². The van der Waals surface area contributed by atoms with Crippen molar-refractivity contribution < 1.29 is 9.84 Å². The third-order valence-corrected chi connectivity index (χ3v) is 3.18. The standard InChI is InChI=1S/C13H17BrO2/c1-8-5-10(7-9(2)15)13(12(14)6-8)16-11-3-4-11/h5-6,9,11,15H,3-4,7H2,1-2H3. The summed E-state index contributed by atoms with van der Waals surface area (Å²) in [5.41, 5.74) is 2.28. The lowest BCUT2D eigenvalue weighted by Crippen LogP contribution is -2.08. The van der Waals surface area contributed by atoms with Gasteiger partial charge in [0.1, 0.15) is 5.75 Å². The van der Waals surface area contributed by atoms with E-state index in [0.29, 0.717) is 12.5 Å². The van der Waals surface area contributed by atoms with Crippen molar-refractivity contribution in [2.75, 3.05) is 0 Å². The van der Waals surface area contributed by atoms with Gasteiger partial charge < -0.3 is 9.84 Å². The van der Waals surface area contributed by atoms with Crippen LogP contribution in [0.5, 0.6) is 5.75 Å². The van der Waals surface area contributed by atoms with Gasteiger partial charge in [-0.25, -0.2) is 0 Å². The molecule has 2 rings (SSSR count). The van der Waals surface area contributed by atoms with Crippen molar-refractivity contribution in [3.05, 3.63) is 27.7 Å². The molecule has 1 saturated carbocycles. The molecule has 1 N–H and O–H groups in total. The topological polar surface area (TPSA) is 29.5 Å². The van der Waals surface area contributed by atoms with E-state index in [4.69, 9.17) is 4.74 Å². The van der Waals surface area contributed by atoms with Crippen LogP contribution in [0.3, 0.4) is 0 Å². The highest BCUT2D eigenvalue weighted by molar-refractivity contribution is 9.10. The normalized spacial score (nSPS) is 17.2. The highest BCUT2D eigenvalue weighted by Crippen LogP contribution is 2.36. The zero-order valence-electron chi connectivity index (χ0n) is 9.66. The summed E-state index contributed by atoms with van der Waals surface area (Å²) in [6, 6.07) is 4.15.